The van der Waals surface area contributed by atoms with Crippen LogP contribution in [0.5, 0.6) is 0 Å². The fourth-order valence-corrected chi connectivity index (χ4v) is 4.36. The lowest BCUT2D eigenvalue weighted by Crippen LogP contribution is -2.37. The molecule has 0 radical (unpaired) electrons. The molecular formula is C19H21N3OS. The molecule has 4 rings (SSSR count). The second-order valence-corrected chi connectivity index (χ2v) is 7.39. The number of fused-ring (bicyclic) bond motifs is 1. The molecule has 1 fully saturated rings. The Hall–Kier alpha value is -1.98. The largest absolute Gasteiger partial charge is 0.396 e. The number of hydrogen-bond donors (Lipinski definition) is 1. The molecule has 3 heterocycles. The molecule has 124 valence electrons. The van der Waals surface area contributed by atoms with Crippen LogP contribution in [0.4, 0.5) is 5.82 Å². The normalized spacial score (nSPS) is 18.2. The van der Waals surface area contributed by atoms with Gasteiger partial charge in [0.25, 0.3) is 0 Å². The fraction of sp³-hybridized carbons (Fsp3) is 0.368. The molecule has 3 aromatic rings. The van der Waals surface area contributed by atoms with E-state index in [-0.39, 0.29) is 6.61 Å². The van der Waals surface area contributed by atoms with E-state index in [0.717, 1.165) is 42.0 Å². The summed E-state index contributed by atoms with van der Waals surface area (Å²) < 4.78 is 0. The smallest absolute Gasteiger partial charge is 0.141 e. The molecule has 1 saturated heterocycles. The number of aliphatic hydroxyl groups is 1. The quantitative estimate of drug-likeness (QED) is 0.787. The van der Waals surface area contributed by atoms with Gasteiger partial charge in [0.05, 0.1) is 5.39 Å². The molecule has 0 unspecified atom stereocenters. The van der Waals surface area contributed by atoms with Crippen LogP contribution in [0.3, 0.4) is 0 Å². The number of hydrogen-bond acceptors (Lipinski definition) is 5. The van der Waals surface area contributed by atoms with Crippen LogP contribution in [0, 0.1) is 12.8 Å². The van der Waals surface area contributed by atoms with Gasteiger partial charge in [-0.1, -0.05) is 29.8 Å². The molecule has 5 heteroatoms. The van der Waals surface area contributed by atoms with Gasteiger partial charge < -0.3 is 10.0 Å². The number of nitrogens with zero attached hydrogens (tertiary/aromatic N) is 3. The van der Waals surface area contributed by atoms with Crippen LogP contribution >= 0.6 is 11.3 Å². The van der Waals surface area contributed by atoms with E-state index in [1.54, 1.807) is 17.7 Å². The Balaban J connectivity index is 1.81. The van der Waals surface area contributed by atoms with Crippen molar-refractivity contribution >= 4 is 27.4 Å². The zero-order valence-electron chi connectivity index (χ0n) is 13.8. The number of anilines is 1. The maximum Gasteiger partial charge on any atom is 0.141 e. The fourth-order valence-electron chi connectivity index (χ4n) is 3.45. The molecular weight excluding hydrogens is 318 g/mol. The Morgan fingerprint density at radius 1 is 1.25 bits per heavy atom. The van der Waals surface area contributed by atoms with Gasteiger partial charge in [-0.25, -0.2) is 9.97 Å². The van der Waals surface area contributed by atoms with Crippen molar-refractivity contribution in [1.82, 2.24) is 9.97 Å². The zero-order chi connectivity index (χ0) is 16.5. The average molecular weight is 339 g/mol. The molecule has 0 aliphatic carbocycles. The van der Waals surface area contributed by atoms with Crippen molar-refractivity contribution in [3.8, 4) is 11.1 Å². The van der Waals surface area contributed by atoms with Crippen molar-refractivity contribution in [2.75, 3.05) is 24.6 Å². The summed E-state index contributed by atoms with van der Waals surface area (Å²) in [6.45, 7) is 4.21. The minimum absolute atomic E-state index is 0.249. The summed E-state index contributed by atoms with van der Waals surface area (Å²) >= 11 is 1.67. The summed E-state index contributed by atoms with van der Waals surface area (Å²) in [5.74, 6) is 1.35. The number of thiophene rings is 1. The van der Waals surface area contributed by atoms with Crippen molar-refractivity contribution in [3.63, 3.8) is 0 Å². The van der Waals surface area contributed by atoms with Crippen molar-refractivity contribution in [2.45, 2.75) is 19.8 Å². The van der Waals surface area contributed by atoms with Crippen LogP contribution in [-0.2, 0) is 0 Å². The van der Waals surface area contributed by atoms with E-state index in [1.165, 1.54) is 16.7 Å². The molecule has 0 amide bonds. The first kappa shape index (κ1) is 15.5. The van der Waals surface area contributed by atoms with Crippen LogP contribution in [0.25, 0.3) is 21.3 Å². The highest BCUT2D eigenvalue weighted by Crippen LogP contribution is 2.38. The molecule has 1 atom stereocenters. The van der Waals surface area contributed by atoms with E-state index in [4.69, 9.17) is 0 Å². The van der Waals surface area contributed by atoms with Gasteiger partial charge in [-0.05, 0) is 31.2 Å². The van der Waals surface area contributed by atoms with Gasteiger partial charge in [0.1, 0.15) is 17.0 Å². The topological polar surface area (TPSA) is 49.2 Å². The van der Waals surface area contributed by atoms with Crippen LogP contribution in [0.2, 0.25) is 0 Å². The SMILES string of the molecule is Cc1ccc(-c2csc3ncnc(N4CCC[C@@H](CO)C4)c23)cc1. The second-order valence-electron chi connectivity index (χ2n) is 6.53. The second kappa shape index (κ2) is 6.49. The molecule has 0 saturated carbocycles. The molecule has 1 aliphatic heterocycles. The van der Waals surface area contributed by atoms with E-state index < -0.39 is 0 Å². The average Bonchev–Trinajstić information content (AvgIpc) is 3.06. The van der Waals surface area contributed by atoms with E-state index in [1.807, 2.05) is 0 Å². The van der Waals surface area contributed by atoms with Gasteiger partial charge >= 0.3 is 0 Å². The summed E-state index contributed by atoms with van der Waals surface area (Å²) in [5.41, 5.74) is 3.67. The van der Waals surface area contributed by atoms with Crippen molar-refractivity contribution < 1.29 is 5.11 Å². The molecule has 0 bridgehead atoms. The predicted molar refractivity (Wildman–Crippen MR) is 99.6 cm³/mol. The monoisotopic (exact) mass is 339 g/mol. The van der Waals surface area contributed by atoms with Crippen LogP contribution in [0.15, 0.2) is 36.0 Å². The summed E-state index contributed by atoms with van der Waals surface area (Å²) in [4.78, 5) is 12.4. The van der Waals surface area contributed by atoms with Gasteiger partial charge in [-0.3, -0.25) is 0 Å². The van der Waals surface area contributed by atoms with Crippen LogP contribution < -0.4 is 4.90 Å². The predicted octanol–water partition coefficient (Wildman–Crippen LogP) is 3.88. The number of piperidine rings is 1. The lowest BCUT2D eigenvalue weighted by molar-refractivity contribution is 0.208. The summed E-state index contributed by atoms with van der Waals surface area (Å²) in [6, 6.07) is 8.62. The van der Waals surface area contributed by atoms with Gasteiger partial charge in [-0.2, -0.15) is 0 Å². The van der Waals surface area contributed by atoms with Gasteiger partial charge in [0.2, 0.25) is 0 Å². The van der Waals surface area contributed by atoms with Gasteiger partial charge in [-0.15, -0.1) is 11.3 Å². The Kier molecular flexibility index (Phi) is 4.21. The summed E-state index contributed by atoms with van der Waals surface area (Å²) in [7, 11) is 0. The summed E-state index contributed by atoms with van der Waals surface area (Å²) in [5, 5.41) is 12.9. The maximum atomic E-state index is 9.53. The Labute approximate surface area is 145 Å². The van der Waals surface area contributed by atoms with E-state index in [2.05, 4.69) is 51.4 Å². The first-order valence-electron chi connectivity index (χ1n) is 8.41. The van der Waals surface area contributed by atoms with Crippen molar-refractivity contribution in [2.24, 2.45) is 5.92 Å². The molecule has 2 aromatic heterocycles. The highest BCUT2D eigenvalue weighted by Gasteiger charge is 2.23. The molecule has 1 N–H and O–H groups in total. The molecule has 1 aliphatic rings. The number of benzene rings is 1. The first-order valence-corrected chi connectivity index (χ1v) is 9.29. The summed E-state index contributed by atoms with van der Waals surface area (Å²) in [6.07, 6.45) is 3.85. The van der Waals surface area contributed by atoms with E-state index >= 15 is 0 Å². The van der Waals surface area contributed by atoms with Crippen LogP contribution in [0.1, 0.15) is 18.4 Å². The van der Waals surface area contributed by atoms with Crippen LogP contribution in [-0.4, -0.2) is 34.8 Å². The zero-order valence-corrected chi connectivity index (χ0v) is 14.6. The lowest BCUT2D eigenvalue weighted by atomic mass is 9.98. The first-order chi connectivity index (χ1) is 11.8. The van der Waals surface area contributed by atoms with E-state index in [0.29, 0.717) is 5.92 Å². The lowest BCUT2D eigenvalue weighted by Gasteiger charge is -2.33. The number of aliphatic hydroxyl groups excluding tert-OH is 1. The Morgan fingerprint density at radius 2 is 2.08 bits per heavy atom. The van der Waals surface area contributed by atoms with E-state index in [9.17, 15) is 5.11 Å². The third-order valence-electron chi connectivity index (χ3n) is 4.79. The maximum absolute atomic E-state index is 9.53. The number of rotatable bonds is 3. The van der Waals surface area contributed by atoms with Crippen molar-refractivity contribution in [1.29, 1.82) is 0 Å². The molecule has 4 nitrogen and oxygen atoms in total. The molecule has 1 aromatic carbocycles. The van der Waals surface area contributed by atoms with Crippen molar-refractivity contribution in [3.05, 3.63) is 41.5 Å². The number of aryl methyl sites for hydroxylation is 1. The van der Waals surface area contributed by atoms with Gasteiger partial charge in [0.15, 0.2) is 0 Å². The Morgan fingerprint density at radius 3 is 2.88 bits per heavy atom. The third kappa shape index (κ3) is 2.78. The molecule has 24 heavy (non-hydrogen) atoms. The third-order valence-corrected chi connectivity index (χ3v) is 5.68. The minimum atomic E-state index is 0.249. The minimum Gasteiger partial charge on any atom is -0.396 e. The highest BCUT2D eigenvalue weighted by atomic mass is 32.1. The molecule has 0 spiro atoms. The standard InChI is InChI=1S/C19H21N3OS/c1-13-4-6-15(7-5-13)16-11-24-19-17(16)18(20-12-21-19)22-8-2-3-14(9-22)10-23/h4-7,11-12,14,23H,2-3,8-10H2,1H3/t14-/m1/s1. The Bertz CT molecular complexity index is 843. The van der Waals surface area contributed by atoms with Gasteiger partial charge in [0, 0.05) is 30.6 Å². The number of aromatic nitrogens is 2. The highest BCUT2D eigenvalue weighted by molar-refractivity contribution is 7.17.